The monoisotopic (exact) mass is 458 g/mol. The van der Waals surface area contributed by atoms with Crippen LogP contribution in [0.4, 0.5) is 8.78 Å². The second-order valence-electron chi connectivity index (χ2n) is 8.36. The van der Waals surface area contributed by atoms with Gasteiger partial charge in [-0.3, -0.25) is 0 Å². The molecule has 0 radical (unpaired) electrons. The number of sulfonamides is 1. The second kappa shape index (κ2) is 12.6. The molecule has 5 nitrogen and oxygen atoms in total. The van der Waals surface area contributed by atoms with E-state index < -0.39 is 21.7 Å². The van der Waals surface area contributed by atoms with Gasteiger partial charge in [0.05, 0.1) is 11.0 Å². The number of rotatable bonds is 13. The van der Waals surface area contributed by atoms with E-state index in [9.17, 15) is 17.2 Å². The lowest BCUT2D eigenvalue weighted by Crippen LogP contribution is -2.40. The average Bonchev–Trinajstić information content (AvgIpc) is 2.75. The van der Waals surface area contributed by atoms with E-state index in [1.54, 1.807) is 0 Å². The molecule has 0 unspecified atom stereocenters. The van der Waals surface area contributed by atoms with Gasteiger partial charge in [-0.1, -0.05) is 18.9 Å². The molecule has 1 aromatic carbocycles. The van der Waals surface area contributed by atoms with Crippen LogP contribution in [-0.2, 0) is 14.8 Å². The van der Waals surface area contributed by atoms with Gasteiger partial charge in [0.2, 0.25) is 10.0 Å². The van der Waals surface area contributed by atoms with Crippen molar-refractivity contribution in [3.63, 3.8) is 0 Å². The van der Waals surface area contributed by atoms with Gasteiger partial charge in [-0.2, -0.15) is 4.31 Å². The SMILES string of the molecule is C=CCN(C)CCCCCCO[C@H]1CC[C@H](N(C)S(=O)(=O)c2ccc(F)c(F)c2)CC1. The fourth-order valence-corrected chi connectivity index (χ4v) is 5.40. The highest BCUT2D eigenvalue weighted by molar-refractivity contribution is 7.89. The van der Waals surface area contributed by atoms with E-state index in [1.165, 1.54) is 24.2 Å². The Morgan fingerprint density at radius 1 is 1.06 bits per heavy atom. The number of hydrogen-bond acceptors (Lipinski definition) is 4. The lowest BCUT2D eigenvalue weighted by molar-refractivity contribution is 0.0156. The molecule has 1 aromatic rings. The van der Waals surface area contributed by atoms with Gasteiger partial charge in [-0.25, -0.2) is 17.2 Å². The topological polar surface area (TPSA) is 49.9 Å². The lowest BCUT2D eigenvalue weighted by atomic mass is 9.93. The summed E-state index contributed by atoms with van der Waals surface area (Å²) >= 11 is 0. The molecule has 1 aliphatic carbocycles. The first-order chi connectivity index (χ1) is 14.8. The zero-order valence-corrected chi connectivity index (χ0v) is 19.5. The molecule has 176 valence electrons. The Hall–Kier alpha value is -1.35. The van der Waals surface area contributed by atoms with E-state index in [0.717, 1.165) is 63.6 Å². The van der Waals surface area contributed by atoms with Crippen molar-refractivity contribution >= 4 is 10.0 Å². The Kier molecular flexibility index (Phi) is 10.6. The molecule has 0 N–H and O–H groups in total. The van der Waals surface area contributed by atoms with Gasteiger partial charge < -0.3 is 9.64 Å². The van der Waals surface area contributed by atoms with Gasteiger partial charge in [0.15, 0.2) is 11.6 Å². The maximum absolute atomic E-state index is 13.5. The molecular formula is C23H36F2N2O3S. The predicted octanol–water partition coefficient (Wildman–Crippen LogP) is 4.59. The first-order valence-electron chi connectivity index (χ1n) is 11.1. The van der Waals surface area contributed by atoms with Crippen molar-refractivity contribution < 1.29 is 21.9 Å². The van der Waals surface area contributed by atoms with Gasteiger partial charge >= 0.3 is 0 Å². The zero-order chi connectivity index (χ0) is 22.9. The Labute approximate surface area is 186 Å². The highest BCUT2D eigenvalue weighted by atomic mass is 32.2. The minimum absolute atomic E-state index is 0.161. The summed E-state index contributed by atoms with van der Waals surface area (Å²) in [5.41, 5.74) is 0. The van der Waals surface area contributed by atoms with Crippen LogP contribution in [0.15, 0.2) is 35.7 Å². The van der Waals surface area contributed by atoms with E-state index in [1.807, 2.05) is 6.08 Å². The summed E-state index contributed by atoms with van der Waals surface area (Å²) in [6.07, 6.45) is 9.61. The molecule has 0 amide bonds. The highest BCUT2D eigenvalue weighted by Crippen LogP contribution is 2.28. The number of nitrogens with zero attached hydrogens (tertiary/aromatic N) is 2. The third kappa shape index (κ3) is 7.93. The van der Waals surface area contributed by atoms with Gasteiger partial charge in [0, 0.05) is 26.2 Å². The van der Waals surface area contributed by atoms with Gasteiger partial charge in [-0.15, -0.1) is 6.58 Å². The average molecular weight is 459 g/mol. The van der Waals surface area contributed by atoms with Gasteiger partial charge in [0.25, 0.3) is 0 Å². The molecule has 1 aliphatic rings. The fourth-order valence-electron chi connectivity index (χ4n) is 3.97. The van der Waals surface area contributed by atoms with Crippen molar-refractivity contribution in [2.45, 2.75) is 68.4 Å². The van der Waals surface area contributed by atoms with E-state index >= 15 is 0 Å². The molecule has 0 bridgehead atoms. The van der Waals surface area contributed by atoms with E-state index in [-0.39, 0.29) is 17.0 Å². The summed E-state index contributed by atoms with van der Waals surface area (Å²) in [4.78, 5) is 2.04. The van der Waals surface area contributed by atoms with Gasteiger partial charge in [0.1, 0.15) is 0 Å². The van der Waals surface area contributed by atoms with E-state index in [4.69, 9.17) is 4.74 Å². The summed E-state index contributed by atoms with van der Waals surface area (Å²) < 4.78 is 59.4. The number of unbranched alkanes of at least 4 members (excludes halogenated alkanes) is 3. The molecule has 1 fully saturated rings. The van der Waals surface area contributed by atoms with Crippen molar-refractivity contribution in [1.29, 1.82) is 0 Å². The minimum atomic E-state index is -3.86. The summed E-state index contributed by atoms with van der Waals surface area (Å²) in [6.45, 7) is 6.48. The maximum atomic E-state index is 13.5. The van der Waals surface area contributed by atoms with E-state index in [0.29, 0.717) is 12.8 Å². The smallest absolute Gasteiger partial charge is 0.243 e. The van der Waals surface area contributed by atoms with Crippen LogP contribution in [0.2, 0.25) is 0 Å². The summed E-state index contributed by atoms with van der Waals surface area (Å²) in [6, 6.07) is 2.54. The number of halogens is 2. The third-order valence-electron chi connectivity index (χ3n) is 5.95. The largest absolute Gasteiger partial charge is 0.378 e. The Morgan fingerprint density at radius 2 is 1.74 bits per heavy atom. The zero-order valence-electron chi connectivity index (χ0n) is 18.7. The lowest BCUT2D eigenvalue weighted by Gasteiger charge is -2.34. The third-order valence-corrected chi connectivity index (χ3v) is 7.86. The minimum Gasteiger partial charge on any atom is -0.378 e. The summed E-state index contributed by atoms with van der Waals surface area (Å²) in [5.74, 6) is -2.21. The molecule has 0 saturated heterocycles. The van der Waals surface area contributed by atoms with Crippen molar-refractivity contribution in [2.75, 3.05) is 33.8 Å². The van der Waals surface area contributed by atoms with Crippen LogP contribution in [0.25, 0.3) is 0 Å². The fraction of sp³-hybridized carbons (Fsp3) is 0.652. The predicted molar refractivity (Wildman–Crippen MR) is 119 cm³/mol. The molecule has 2 rings (SSSR count). The molecule has 0 atom stereocenters. The summed E-state index contributed by atoms with van der Waals surface area (Å²) in [5, 5.41) is 0. The molecule has 31 heavy (non-hydrogen) atoms. The van der Waals surface area contributed by atoms with E-state index in [2.05, 4.69) is 18.5 Å². The van der Waals surface area contributed by atoms with Crippen LogP contribution in [0.1, 0.15) is 51.4 Å². The number of likely N-dealkylation sites (N-methyl/N-ethyl adjacent to an activating group) is 1. The molecule has 0 aromatic heterocycles. The van der Waals surface area contributed by atoms with Gasteiger partial charge in [-0.05, 0) is 70.3 Å². The van der Waals surface area contributed by atoms with Crippen LogP contribution in [-0.4, -0.2) is 63.6 Å². The van der Waals surface area contributed by atoms with Crippen LogP contribution >= 0.6 is 0 Å². The Bertz CT molecular complexity index is 796. The summed E-state index contributed by atoms with van der Waals surface area (Å²) in [7, 11) is -0.250. The molecule has 0 spiro atoms. The Balaban J connectivity index is 1.67. The quantitative estimate of drug-likeness (QED) is 0.320. The first-order valence-corrected chi connectivity index (χ1v) is 12.5. The molecular weight excluding hydrogens is 422 g/mol. The molecule has 8 heteroatoms. The second-order valence-corrected chi connectivity index (χ2v) is 10.4. The van der Waals surface area contributed by atoms with Crippen molar-refractivity contribution in [3.8, 4) is 0 Å². The van der Waals surface area contributed by atoms with Crippen LogP contribution in [0.5, 0.6) is 0 Å². The van der Waals surface area contributed by atoms with Crippen molar-refractivity contribution in [3.05, 3.63) is 42.5 Å². The molecule has 1 saturated carbocycles. The van der Waals surface area contributed by atoms with Crippen molar-refractivity contribution in [2.24, 2.45) is 0 Å². The molecule has 0 heterocycles. The number of benzene rings is 1. The number of hydrogen-bond donors (Lipinski definition) is 0. The van der Waals surface area contributed by atoms with Crippen LogP contribution in [0, 0.1) is 11.6 Å². The normalized spacial score (nSPS) is 19.8. The first kappa shape index (κ1) is 25.9. The maximum Gasteiger partial charge on any atom is 0.243 e. The highest BCUT2D eigenvalue weighted by Gasteiger charge is 2.32. The van der Waals surface area contributed by atoms with Crippen LogP contribution < -0.4 is 0 Å². The number of ether oxygens (including phenoxy) is 1. The molecule has 0 aliphatic heterocycles. The standard InChI is InChI=1S/C23H36F2N2O3S/c1-4-15-26(2)16-7-5-6-8-17-30-20-11-9-19(10-12-20)27(3)31(28,29)21-13-14-22(24)23(25)18-21/h4,13-14,18-20H,1,5-12,15-17H2,2-3H3/t19-,20-. The van der Waals surface area contributed by atoms with Crippen molar-refractivity contribution in [1.82, 2.24) is 9.21 Å². The van der Waals surface area contributed by atoms with Crippen LogP contribution in [0.3, 0.4) is 0 Å². The Morgan fingerprint density at radius 3 is 2.39 bits per heavy atom.